The zero-order valence-corrected chi connectivity index (χ0v) is 7.64. The third kappa shape index (κ3) is 1.65. The summed E-state index contributed by atoms with van der Waals surface area (Å²) in [7, 11) is 0. The maximum absolute atomic E-state index is 12.6. The van der Waals surface area contributed by atoms with Crippen molar-refractivity contribution in [1.29, 1.82) is 0 Å². The largest absolute Gasteiger partial charge is 0.396 e. The predicted molar refractivity (Wildman–Crippen MR) is 51.1 cm³/mol. The summed E-state index contributed by atoms with van der Waals surface area (Å²) in [5, 5.41) is 3.51. The first-order valence-corrected chi connectivity index (χ1v) is 4.21. The second-order valence-corrected chi connectivity index (χ2v) is 2.91. The van der Waals surface area contributed by atoms with E-state index in [0.717, 1.165) is 0 Å². The van der Waals surface area contributed by atoms with Crippen LogP contribution >= 0.6 is 0 Å². The molecule has 0 aliphatic carbocycles. The van der Waals surface area contributed by atoms with Gasteiger partial charge in [-0.15, -0.1) is 0 Å². The molecule has 0 unspecified atom stereocenters. The summed E-state index contributed by atoms with van der Waals surface area (Å²) < 4.78 is 25.7. The van der Waals surface area contributed by atoms with Crippen molar-refractivity contribution in [3.63, 3.8) is 0 Å². The second-order valence-electron chi connectivity index (χ2n) is 2.91. The number of nitrogen functional groups attached to an aromatic ring is 1. The van der Waals surface area contributed by atoms with E-state index in [1.165, 1.54) is 12.4 Å². The number of nitrogens with zero attached hydrogens (tertiary/aromatic N) is 3. The Morgan fingerprint density at radius 1 is 1.33 bits per heavy atom. The van der Waals surface area contributed by atoms with Gasteiger partial charge in [0.2, 0.25) is 0 Å². The molecule has 6 heteroatoms. The molecule has 0 aliphatic heterocycles. The lowest BCUT2D eigenvalue weighted by molar-refractivity contribution is 0.0585. The van der Waals surface area contributed by atoms with Crippen molar-refractivity contribution < 1.29 is 8.78 Å². The molecule has 78 valence electrons. The molecular weight excluding hydrogens is 202 g/mol. The first-order valence-electron chi connectivity index (χ1n) is 4.21. The molecule has 2 aromatic heterocycles. The highest BCUT2D eigenvalue weighted by Gasteiger charge is 2.16. The zero-order chi connectivity index (χ0) is 10.8. The number of hydrogen-bond donors (Lipinski definition) is 1. The lowest BCUT2D eigenvalue weighted by Gasteiger charge is -2.06. The molecule has 0 spiro atoms. The number of pyridine rings is 1. The van der Waals surface area contributed by atoms with Gasteiger partial charge in [0.05, 0.1) is 17.6 Å². The third-order valence-corrected chi connectivity index (χ3v) is 1.94. The first kappa shape index (κ1) is 9.57. The SMILES string of the molecule is Nc1cnn(C(F)F)c1-c1cccnc1. The number of halogens is 2. The molecule has 0 fully saturated rings. The predicted octanol–water partition coefficient (Wildman–Crippen LogP) is 1.92. The van der Waals surface area contributed by atoms with Gasteiger partial charge in [0.1, 0.15) is 0 Å². The third-order valence-electron chi connectivity index (χ3n) is 1.94. The van der Waals surface area contributed by atoms with Crippen LogP contribution in [0.1, 0.15) is 6.55 Å². The Hall–Kier alpha value is -1.98. The minimum absolute atomic E-state index is 0.193. The molecule has 4 nitrogen and oxygen atoms in total. The van der Waals surface area contributed by atoms with Crippen molar-refractivity contribution in [2.24, 2.45) is 0 Å². The van der Waals surface area contributed by atoms with Gasteiger partial charge in [0.25, 0.3) is 0 Å². The van der Waals surface area contributed by atoms with E-state index in [4.69, 9.17) is 5.73 Å². The molecule has 2 heterocycles. The van der Waals surface area contributed by atoms with E-state index in [9.17, 15) is 8.78 Å². The van der Waals surface area contributed by atoms with E-state index in [1.807, 2.05) is 0 Å². The maximum Gasteiger partial charge on any atom is 0.333 e. The van der Waals surface area contributed by atoms with Crippen molar-refractivity contribution in [2.45, 2.75) is 6.55 Å². The number of hydrogen-bond acceptors (Lipinski definition) is 3. The van der Waals surface area contributed by atoms with E-state index in [0.29, 0.717) is 10.2 Å². The summed E-state index contributed by atoms with van der Waals surface area (Å²) in [6.07, 6.45) is 4.23. The summed E-state index contributed by atoms with van der Waals surface area (Å²) >= 11 is 0. The van der Waals surface area contributed by atoms with Crippen LogP contribution in [0.5, 0.6) is 0 Å². The molecule has 0 radical (unpaired) electrons. The van der Waals surface area contributed by atoms with E-state index in [1.54, 1.807) is 18.3 Å². The molecule has 0 bridgehead atoms. The normalized spacial score (nSPS) is 10.9. The average molecular weight is 210 g/mol. The molecule has 0 atom stereocenters. The van der Waals surface area contributed by atoms with Gasteiger partial charge in [0.15, 0.2) is 0 Å². The number of nitrogens with two attached hydrogens (primary N) is 1. The summed E-state index contributed by atoms with van der Waals surface area (Å²) in [5.41, 5.74) is 6.49. The standard InChI is InChI=1S/C9H8F2N4/c10-9(11)15-8(7(12)5-14-15)6-2-1-3-13-4-6/h1-5,9H,12H2. The van der Waals surface area contributed by atoms with Crippen LogP contribution in [-0.4, -0.2) is 14.8 Å². The van der Waals surface area contributed by atoms with Crippen LogP contribution in [0.15, 0.2) is 30.7 Å². The minimum atomic E-state index is -2.71. The fraction of sp³-hybridized carbons (Fsp3) is 0.111. The summed E-state index contributed by atoms with van der Waals surface area (Å²) in [4.78, 5) is 3.84. The van der Waals surface area contributed by atoms with Crippen LogP contribution in [0.4, 0.5) is 14.5 Å². The molecule has 0 aromatic carbocycles. The Balaban J connectivity index is 2.57. The molecule has 2 N–H and O–H groups in total. The lowest BCUT2D eigenvalue weighted by atomic mass is 10.2. The summed E-state index contributed by atoms with van der Waals surface area (Å²) in [6, 6.07) is 3.30. The lowest BCUT2D eigenvalue weighted by Crippen LogP contribution is -2.03. The van der Waals surface area contributed by atoms with Gasteiger partial charge in [0, 0.05) is 18.0 Å². The molecule has 15 heavy (non-hydrogen) atoms. The Labute approximate surface area is 84.4 Å². The van der Waals surface area contributed by atoms with E-state index in [2.05, 4.69) is 10.1 Å². The summed E-state index contributed by atoms with van der Waals surface area (Å²) in [5.74, 6) is 0. The molecule has 0 aliphatic rings. The average Bonchev–Trinajstić information content (AvgIpc) is 2.61. The number of aromatic nitrogens is 3. The molecule has 2 aromatic rings. The fourth-order valence-electron chi connectivity index (χ4n) is 1.33. The van der Waals surface area contributed by atoms with Crippen molar-refractivity contribution in [1.82, 2.24) is 14.8 Å². The van der Waals surface area contributed by atoms with Crippen LogP contribution in [0.25, 0.3) is 11.3 Å². The highest BCUT2D eigenvalue weighted by atomic mass is 19.3. The van der Waals surface area contributed by atoms with E-state index >= 15 is 0 Å². The van der Waals surface area contributed by atoms with Crippen molar-refractivity contribution >= 4 is 5.69 Å². The van der Waals surface area contributed by atoms with Gasteiger partial charge in [-0.25, -0.2) is 4.68 Å². The van der Waals surface area contributed by atoms with Crippen LogP contribution in [-0.2, 0) is 0 Å². The number of alkyl halides is 2. The molecule has 0 saturated heterocycles. The van der Waals surface area contributed by atoms with Crippen LogP contribution < -0.4 is 5.73 Å². The van der Waals surface area contributed by atoms with Crippen molar-refractivity contribution in [3.8, 4) is 11.3 Å². The zero-order valence-electron chi connectivity index (χ0n) is 7.64. The van der Waals surface area contributed by atoms with Crippen molar-refractivity contribution in [3.05, 3.63) is 30.7 Å². The molecule has 0 saturated carbocycles. The van der Waals surface area contributed by atoms with Crippen LogP contribution in [0.3, 0.4) is 0 Å². The number of anilines is 1. The van der Waals surface area contributed by atoms with Crippen LogP contribution in [0.2, 0.25) is 0 Å². The molecular formula is C9H8F2N4. The molecule has 0 amide bonds. The second kappa shape index (κ2) is 3.64. The highest BCUT2D eigenvalue weighted by molar-refractivity contribution is 5.71. The van der Waals surface area contributed by atoms with E-state index in [-0.39, 0.29) is 11.4 Å². The number of rotatable bonds is 2. The topological polar surface area (TPSA) is 56.7 Å². The van der Waals surface area contributed by atoms with Crippen molar-refractivity contribution in [2.75, 3.05) is 5.73 Å². The fourth-order valence-corrected chi connectivity index (χ4v) is 1.33. The van der Waals surface area contributed by atoms with Gasteiger partial charge < -0.3 is 5.73 Å². The van der Waals surface area contributed by atoms with Crippen LogP contribution in [0, 0.1) is 0 Å². The first-order chi connectivity index (χ1) is 7.20. The molecule has 2 rings (SSSR count). The Kier molecular flexibility index (Phi) is 2.32. The Bertz CT molecular complexity index is 452. The highest BCUT2D eigenvalue weighted by Crippen LogP contribution is 2.28. The Morgan fingerprint density at radius 3 is 2.73 bits per heavy atom. The monoisotopic (exact) mass is 210 g/mol. The summed E-state index contributed by atoms with van der Waals surface area (Å²) in [6.45, 7) is -2.71. The quantitative estimate of drug-likeness (QED) is 0.823. The minimum Gasteiger partial charge on any atom is -0.396 e. The van der Waals surface area contributed by atoms with Gasteiger partial charge in [-0.05, 0) is 12.1 Å². The van der Waals surface area contributed by atoms with Gasteiger partial charge in [-0.1, -0.05) is 0 Å². The van der Waals surface area contributed by atoms with Gasteiger partial charge in [-0.2, -0.15) is 13.9 Å². The van der Waals surface area contributed by atoms with Gasteiger partial charge in [-0.3, -0.25) is 4.98 Å². The van der Waals surface area contributed by atoms with E-state index < -0.39 is 6.55 Å². The van der Waals surface area contributed by atoms with Gasteiger partial charge >= 0.3 is 6.55 Å². The maximum atomic E-state index is 12.6. The smallest absolute Gasteiger partial charge is 0.333 e. The Morgan fingerprint density at radius 2 is 2.13 bits per heavy atom.